The van der Waals surface area contributed by atoms with Crippen molar-refractivity contribution >= 4 is 42.5 Å². The average Bonchev–Trinajstić information content (AvgIpc) is 3.14. The van der Waals surface area contributed by atoms with Gasteiger partial charge in [0.15, 0.2) is 0 Å². The van der Waals surface area contributed by atoms with E-state index in [9.17, 15) is 24.1 Å². The summed E-state index contributed by atoms with van der Waals surface area (Å²) < 4.78 is 5.16. The number of methoxy groups -OCH3 is 1. The van der Waals surface area contributed by atoms with Crippen LogP contribution >= 0.6 is 8.15 Å². The lowest BCUT2D eigenvalue weighted by atomic mass is 10.1. The van der Waals surface area contributed by atoms with Crippen LogP contribution in [0.15, 0.2) is 127 Å². The highest BCUT2D eigenvalue weighted by Crippen LogP contribution is 2.36. The summed E-state index contributed by atoms with van der Waals surface area (Å²) in [4.78, 5) is 61.0. The van der Waals surface area contributed by atoms with Gasteiger partial charge in [-0.25, -0.2) is 0 Å². The molecule has 3 atom stereocenters. The van der Waals surface area contributed by atoms with Crippen molar-refractivity contribution in [3.63, 3.8) is 0 Å². The van der Waals surface area contributed by atoms with E-state index in [-0.39, 0.29) is 31.5 Å². The Kier molecular flexibility index (Phi) is 15.3. The molecule has 0 spiro atoms. The molecular weight excluding hydrogens is 675 g/mol. The van der Waals surface area contributed by atoms with E-state index >= 15 is 0 Å². The zero-order valence-electron chi connectivity index (χ0n) is 29.3. The van der Waals surface area contributed by atoms with Gasteiger partial charge in [-0.15, -0.1) is 0 Å². The van der Waals surface area contributed by atoms with E-state index in [0.717, 1.165) is 16.7 Å². The van der Waals surface area contributed by atoms with Crippen LogP contribution in [0.2, 0.25) is 0 Å². The van der Waals surface area contributed by atoms with Crippen LogP contribution in [0.25, 0.3) is 10.8 Å². The molecule has 3 unspecified atom stereocenters. The molecule has 4 amide bonds. The molecule has 5 aromatic carbocycles. The fourth-order valence-corrected chi connectivity index (χ4v) is 6.72. The van der Waals surface area contributed by atoms with Crippen LogP contribution in [0.5, 0.6) is 5.75 Å². The molecule has 6 N–H and O–H groups in total. The van der Waals surface area contributed by atoms with E-state index in [2.05, 4.69) is 65.3 Å². The number of rotatable bonds is 15. The van der Waals surface area contributed by atoms with Gasteiger partial charge in [0.25, 0.3) is 0 Å². The van der Waals surface area contributed by atoms with Crippen molar-refractivity contribution in [3.05, 3.63) is 150 Å². The first-order valence-electron chi connectivity index (χ1n) is 16.9. The standard InChI is InChI=1S/C30H35N4O6P.C11H10/c1-40-24-14-12-23(13-15-24)17-27(36)34-29(18-22-10-6-3-7-11-22)41(39)20-28(37)33-25(30(38)32-19-26(31)35)16-21-8-4-2-5-9-21;1-9-6-7-10-4-2-3-5-11(10)8-9/h2-15,25,29,39H,16-20H2,1H3,(H2,31,35)(H,32,38)(H,33,37)(H,34,36);2-8H,1H3. The van der Waals surface area contributed by atoms with Gasteiger partial charge in [0.2, 0.25) is 23.6 Å². The summed E-state index contributed by atoms with van der Waals surface area (Å²) >= 11 is 0. The van der Waals surface area contributed by atoms with Crippen molar-refractivity contribution in [1.29, 1.82) is 0 Å². The number of primary amides is 1. The molecule has 0 aliphatic heterocycles. The highest BCUT2D eigenvalue weighted by atomic mass is 31.1. The van der Waals surface area contributed by atoms with Gasteiger partial charge in [-0.2, -0.15) is 0 Å². The van der Waals surface area contributed by atoms with Gasteiger partial charge in [0.1, 0.15) is 11.8 Å². The molecule has 0 saturated carbocycles. The maximum atomic E-state index is 13.0. The maximum absolute atomic E-state index is 13.0. The van der Waals surface area contributed by atoms with Crippen LogP contribution in [0.4, 0.5) is 0 Å². The molecule has 52 heavy (non-hydrogen) atoms. The summed E-state index contributed by atoms with van der Waals surface area (Å²) in [6.45, 7) is 1.75. The van der Waals surface area contributed by atoms with Crippen LogP contribution in [0, 0.1) is 6.92 Å². The van der Waals surface area contributed by atoms with Crippen LogP contribution in [-0.2, 0) is 38.4 Å². The number of carbonyl (C=O) groups excluding carboxylic acids is 4. The third-order valence-electron chi connectivity index (χ3n) is 8.06. The first-order chi connectivity index (χ1) is 25.1. The highest BCUT2D eigenvalue weighted by molar-refractivity contribution is 7.53. The van der Waals surface area contributed by atoms with E-state index in [1.807, 2.05) is 60.7 Å². The Bertz CT molecular complexity index is 1910. The van der Waals surface area contributed by atoms with Gasteiger partial charge in [-0.1, -0.05) is 121 Å². The summed E-state index contributed by atoms with van der Waals surface area (Å²) in [5.74, 6) is -2.18. The molecule has 0 radical (unpaired) electrons. The Morgan fingerprint density at radius 3 is 1.92 bits per heavy atom. The fraction of sp³-hybridized carbons (Fsp3) is 0.220. The van der Waals surface area contributed by atoms with E-state index in [1.54, 1.807) is 31.4 Å². The van der Waals surface area contributed by atoms with E-state index in [4.69, 9.17) is 10.5 Å². The fourth-order valence-electron chi connectivity index (χ4n) is 5.40. The zero-order chi connectivity index (χ0) is 37.3. The number of hydrogen-bond donors (Lipinski definition) is 5. The van der Waals surface area contributed by atoms with Crippen molar-refractivity contribution in [2.75, 3.05) is 19.8 Å². The van der Waals surface area contributed by atoms with Gasteiger partial charge in [0.05, 0.1) is 40.2 Å². The van der Waals surface area contributed by atoms with Gasteiger partial charge in [-0.05, 0) is 52.9 Å². The topological polar surface area (TPSA) is 160 Å². The summed E-state index contributed by atoms with van der Waals surface area (Å²) in [5, 5.41) is 10.6. The van der Waals surface area contributed by atoms with Crippen molar-refractivity contribution in [1.82, 2.24) is 16.0 Å². The molecule has 0 bridgehead atoms. The molecule has 0 aromatic heterocycles. The largest absolute Gasteiger partial charge is 0.497 e. The van der Waals surface area contributed by atoms with Gasteiger partial charge in [-0.3, -0.25) is 19.2 Å². The Hall–Kier alpha value is -5.57. The minimum Gasteiger partial charge on any atom is -0.497 e. The molecule has 0 saturated heterocycles. The lowest BCUT2D eigenvalue weighted by Gasteiger charge is -2.25. The molecule has 5 rings (SSSR count). The Labute approximate surface area is 305 Å². The van der Waals surface area contributed by atoms with Crippen LogP contribution in [-0.4, -0.2) is 60.2 Å². The SMILES string of the molecule is COc1ccc(CC(=O)NC(Cc2ccccc2)P(O)CC(=O)NC(Cc2ccccc2)C(=O)NCC(N)=O)cc1.Cc1ccc2ccccc2c1. The zero-order valence-corrected chi connectivity index (χ0v) is 30.2. The monoisotopic (exact) mass is 720 g/mol. The third kappa shape index (κ3) is 13.3. The smallest absolute Gasteiger partial charge is 0.243 e. The predicted molar refractivity (Wildman–Crippen MR) is 206 cm³/mol. The van der Waals surface area contributed by atoms with E-state index < -0.39 is 37.7 Å². The second-order valence-electron chi connectivity index (χ2n) is 12.2. The number of hydrogen-bond acceptors (Lipinski definition) is 6. The second-order valence-corrected chi connectivity index (χ2v) is 14.1. The van der Waals surface area contributed by atoms with Crippen molar-refractivity contribution < 1.29 is 28.8 Å². The van der Waals surface area contributed by atoms with Gasteiger partial charge >= 0.3 is 0 Å². The van der Waals surface area contributed by atoms with Gasteiger partial charge in [0, 0.05) is 6.42 Å². The Morgan fingerprint density at radius 2 is 1.31 bits per heavy atom. The number of amides is 4. The van der Waals surface area contributed by atoms with Crippen molar-refractivity contribution in [2.45, 2.75) is 38.0 Å². The van der Waals surface area contributed by atoms with Crippen LogP contribution < -0.4 is 26.4 Å². The summed E-state index contributed by atoms with van der Waals surface area (Å²) in [6, 6.07) is 39.4. The minimum atomic E-state index is -2.02. The first kappa shape index (κ1) is 39.2. The molecule has 10 nitrogen and oxygen atoms in total. The number of benzene rings is 5. The summed E-state index contributed by atoms with van der Waals surface area (Å²) in [5.41, 5.74) is 8.92. The number of carbonyl (C=O) groups is 4. The number of aryl methyl sites for hydroxylation is 1. The second kappa shape index (κ2) is 20.3. The van der Waals surface area contributed by atoms with Crippen LogP contribution in [0.3, 0.4) is 0 Å². The molecule has 11 heteroatoms. The molecule has 0 aliphatic carbocycles. The average molecular weight is 721 g/mol. The summed E-state index contributed by atoms with van der Waals surface area (Å²) in [7, 11) is -0.457. The van der Waals surface area contributed by atoms with E-state index in [1.165, 1.54) is 16.3 Å². The Morgan fingerprint density at radius 1 is 0.712 bits per heavy atom. The lowest BCUT2D eigenvalue weighted by molar-refractivity contribution is -0.129. The molecule has 5 aromatic rings. The maximum Gasteiger partial charge on any atom is 0.243 e. The summed E-state index contributed by atoms with van der Waals surface area (Å²) in [6.07, 6.45) is 0.275. The molecule has 0 heterocycles. The third-order valence-corrected chi connectivity index (χ3v) is 9.71. The van der Waals surface area contributed by atoms with Crippen molar-refractivity contribution in [2.24, 2.45) is 5.73 Å². The van der Waals surface area contributed by atoms with Gasteiger partial charge < -0.3 is 31.3 Å². The number of nitrogens with one attached hydrogen (secondary N) is 3. The Balaban J connectivity index is 0.000000462. The van der Waals surface area contributed by atoms with E-state index in [0.29, 0.717) is 12.2 Å². The van der Waals surface area contributed by atoms with Crippen molar-refractivity contribution in [3.8, 4) is 5.75 Å². The molecule has 0 fully saturated rings. The number of ether oxygens (including phenoxy) is 1. The predicted octanol–water partition coefficient (Wildman–Crippen LogP) is 4.79. The number of nitrogens with two attached hydrogens (primary N) is 1. The lowest BCUT2D eigenvalue weighted by Crippen LogP contribution is -2.50. The minimum absolute atomic E-state index is 0.0871. The quantitative estimate of drug-likeness (QED) is 0.0979. The first-order valence-corrected chi connectivity index (χ1v) is 18.4. The molecule has 0 aliphatic rings. The molecular formula is C41H45N4O6P. The normalized spacial score (nSPS) is 12.3. The highest BCUT2D eigenvalue weighted by Gasteiger charge is 2.27. The van der Waals surface area contributed by atoms with Crippen LogP contribution in [0.1, 0.15) is 22.3 Å². The number of fused-ring (bicyclic) bond motifs is 1. The molecule has 270 valence electrons.